The lowest BCUT2D eigenvalue weighted by atomic mass is 10.0. The molecule has 0 aliphatic carbocycles. The third kappa shape index (κ3) is 2.51. The van der Waals surface area contributed by atoms with Gasteiger partial charge in [-0.2, -0.15) is 0 Å². The van der Waals surface area contributed by atoms with Gasteiger partial charge in [0.1, 0.15) is 17.8 Å². The molecule has 19 heavy (non-hydrogen) atoms. The van der Waals surface area contributed by atoms with Crippen molar-refractivity contribution in [3.05, 3.63) is 52.0 Å². The Morgan fingerprint density at radius 1 is 1.42 bits per heavy atom. The zero-order valence-corrected chi connectivity index (χ0v) is 11.7. The van der Waals surface area contributed by atoms with Crippen LogP contribution in [-0.2, 0) is 12.8 Å². The number of halogens is 1. The molecule has 0 fully saturated rings. The maximum atomic E-state index is 12.2. The predicted octanol–water partition coefficient (Wildman–Crippen LogP) is 2.60. The van der Waals surface area contributed by atoms with Gasteiger partial charge in [0.25, 0.3) is 0 Å². The molecular formula is C14H11BrN2O2. The molecule has 0 spiro atoms. The molecule has 5 heteroatoms. The summed E-state index contributed by atoms with van der Waals surface area (Å²) < 4.78 is 6.59. The van der Waals surface area contributed by atoms with Crippen LogP contribution in [0.4, 0.5) is 0 Å². The average molecular weight is 319 g/mol. The number of aromatic nitrogens is 2. The molecule has 96 valence electrons. The highest BCUT2D eigenvalue weighted by Gasteiger charge is 2.20. The SMILES string of the molecule is O=C(Cc1cc(Br)cc2c1OCC2)c1ccncn1. The van der Waals surface area contributed by atoms with Crippen molar-refractivity contribution in [2.45, 2.75) is 12.8 Å². The number of hydrogen-bond acceptors (Lipinski definition) is 4. The van der Waals surface area contributed by atoms with Crippen LogP contribution in [0.25, 0.3) is 0 Å². The van der Waals surface area contributed by atoms with E-state index in [1.54, 1.807) is 12.3 Å². The number of fused-ring (bicyclic) bond motifs is 1. The van der Waals surface area contributed by atoms with Crippen LogP contribution in [-0.4, -0.2) is 22.4 Å². The number of benzene rings is 1. The Bertz CT molecular complexity index is 629. The molecule has 1 aliphatic rings. The quantitative estimate of drug-likeness (QED) is 0.816. The summed E-state index contributed by atoms with van der Waals surface area (Å²) in [6, 6.07) is 5.60. The van der Waals surface area contributed by atoms with Crippen LogP contribution in [0.5, 0.6) is 5.75 Å². The summed E-state index contributed by atoms with van der Waals surface area (Å²) in [7, 11) is 0. The van der Waals surface area contributed by atoms with Crippen molar-refractivity contribution < 1.29 is 9.53 Å². The topological polar surface area (TPSA) is 52.1 Å². The average Bonchev–Trinajstić information content (AvgIpc) is 2.88. The van der Waals surface area contributed by atoms with E-state index in [-0.39, 0.29) is 5.78 Å². The molecule has 0 N–H and O–H groups in total. The molecule has 0 unspecified atom stereocenters. The predicted molar refractivity (Wildman–Crippen MR) is 73.4 cm³/mol. The van der Waals surface area contributed by atoms with Crippen molar-refractivity contribution >= 4 is 21.7 Å². The van der Waals surface area contributed by atoms with E-state index in [1.807, 2.05) is 12.1 Å². The third-order valence-corrected chi connectivity index (χ3v) is 3.50. The van der Waals surface area contributed by atoms with E-state index in [0.29, 0.717) is 18.7 Å². The first-order valence-electron chi connectivity index (χ1n) is 5.97. The zero-order chi connectivity index (χ0) is 13.2. The Hall–Kier alpha value is -1.75. The van der Waals surface area contributed by atoms with Crippen molar-refractivity contribution in [2.75, 3.05) is 6.61 Å². The van der Waals surface area contributed by atoms with Crippen molar-refractivity contribution in [3.63, 3.8) is 0 Å². The van der Waals surface area contributed by atoms with Gasteiger partial charge in [0.15, 0.2) is 5.78 Å². The first-order valence-corrected chi connectivity index (χ1v) is 6.76. The van der Waals surface area contributed by atoms with E-state index in [0.717, 1.165) is 27.8 Å². The highest BCUT2D eigenvalue weighted by Crippen LogP contribution is 2.33. The maximum absolute atomic E-state index is 12.2. The highest BCUT2D eigenvalue weighted by molar-refractivity contribution is 9.10. The fraction of sp³-hybridized carbons (Fsp3) is 0.214. The molecule has 3 rings (SSSR count). The van der Waals surface area contributed by atoms with Crippen molar-refractivity contribution in [3.8, 4) is 5.75 Å². The molecular weight excluding hydrogens is 308 g/mol. The summed E-state index contributed by atoms with van der Waals surface area (Å²) in [4.78, 5) is 20.0. The molecule has 4 nitrogen and oxygen atoms in total. The number of Topliss-reactive ketones (excluding diaryl/α,β-unsaturated/α-hetero) is 1. The minimum Gasteiger partial charge on any atom is -0.493 e. The Morgan fingerprint density at radius 3 is 3.11 bits per heavy atom. The fourth-order valence-electron chi connectivity index (χ4n) is 2.20. The van der Waals surface area contributed by atoms with Gasteiger partial charge in [0.05, 0.1) is 6.61 Å². The van der Waals surface area contributed by atoms with Gasteiger partial charge >= 0.3 is 0 Å². The maximum Gasteiger partial charge on any atom is 0.185 e. The van der Waals surface area contributed by atoms with Gasteiger partial charge in [-0.05, 0) is 23.8 Å². The number of ether oxygens (including phenoxy) is 1. The van der Waals surface area contributed by atoms with Crippen molar-refractivity contribution in [1.82, 2.24) is 9.97 Å². The Morgan fingerprint density at radius 2 is 2.32 bits per heavy atom. The van der Waals surface area contributed by atoms with Crippen LogP contribution in [0, 0.1) is 0 Å². The van der Waals surface area contributed by atoms with Crippen LogP contribution >= 0.6 is 15.9 Å². The van der Waals surface area contributed by atoms with Crippen LogP contribution < -0.4 is 4.74 Å². The van der Waals surface area contributed by atoms with E-state index in [9.17, 15) is 4.79 Å². The van der Waals surface area contributed by atoms with Crippen molar-refractivity contribution in [2.24, 2.45) is 0 Å². The van der Waals surface area contributed by atoms with Gasteiger partial charge in [-0.3, -0.25) is 4.79 Å². The summed E-state index contributed by atoms with van der Waals surface area (Å²) in [5.74, 6) is 0.823. The molecule has 1 aliphatic heterocycles. The lowest BCUT2D eigenvalue weighted by molar-refractivity contribution is 0.0987. The second-order valence-corrected chi connectivity index (χ2v) is 5.26. The summed E-state index contributed by atoms with van der Waals surface area (Å²) in [5, 5.41) is 0. The molecule has 0 atom stereocenters. The van der Waals surface area contributed by atoms with E-state index < -0.39 is 0 Å². The fourth-order valence-corrected chi connectivity index (χ4v) is 2.75. The van der Waals surface area contributed by atoms with Crippen LogP contribution in [0.2, 0.25) is 0 Å². The molecule has 0 radical (unpaired) electrons. The highest BCUT2D eigenvalue weighted by atomic mass is 79.9. The summed E-state index contributed by atoms with van der Waals surface area (Å²) >= 11 is 3.47. The summed E-state index contributed by atoms with van der Waals surface area (Å²) in [5.41, 5.74) is 2.49. The molecule has 1 aromatic carbocycles. The molecule has 0 bridgehead atoms. The summed E-state index contributed by atoms with van der Waals surface area (Å²) in [6.07, 6.45) is 4.14. The Balaban J connectivity index is 1.90. The Kier molecular flexibility index (Phi) is 3.29. The number of carbonyl (C=O) groups is 1. The van der Waals surface area contributed by atoms with Crippen LogP contribution in [0.3, 0.4) is 0 Å². The lowest BCUT2D eigenvalue weighted by Crippen LogP contribution is -2.07. The normalized spacial score (nSPS) is 12.9. The molecule has 2 heterocycles. The smallest absolute Gasteiger partial charge is 0.185 e. The minimum atomic E-state index is -0.0294. The molecule has 0 saturated carbocycles. The molecule has 2 aromatic rings. The van der Waals surface area contributed by atoms with Gasteiger partial charge in [-0.15, -0.1) is 0 Å². The number of ketones is 1. The van der Waals surface area contributed by atoms with Crippen LogP contribution in [0.1, 0.15) is 21.6 Å². The second kappa shape index (κ2) is 5.09. The van der Waals surface area contributed by atoms with Gasteiger partial charge in [-0.25, -0.2) is 9.97 Å². The second-order valence-electron chi connectivity index (χ2n) is 4.35. The molecule has 0 amide bonds. The zero-order valence-electron chi connectivity index (χ0n) is 10.1. The number of hydrogen-bond donors (Lipinski definition) is 0. The van der Waals surface area contributed by atoms with E-state index in [1.165, 1.54) is 6.33 Å². The van der Waals surface area contributed by atoms with Crippen LogP contribution in [0.15, 0.2) is 35.2 Å². The monoisotopic (exact) mass is 318 g/mol. The number of carbonyl (C=O) groups excluding carboxylic acids is 1. The van der Waals surface area contributed by atoms with Gasteiger partial charge in [0, 0.05) is 29.1 Å². The minimum absolute atomic E-state index is 0.0294. The molecule has 1 aromatic heterocycles. The first-order chi connectivity index (χ1) is 9.24. The lowest BCUT2D eigenvalue weighted by Gasteiger charge is -2.08. The largest absolute Gasteiger partial charge is 0.493 e. The standard InChI is InChI=1S/C14H11BrN2O2/c15-11-5-9-2-4-19-14(9)10(6-11)7-13(18)12-1-3-16-8-17-12/h1,3,5-6,8H,2,4,7H2. The summed E-state index contributed by atoms with van der Waals surface area (Å²) in [6.45, 7) is 0.681. The van der Waals surface area contributed by atoms with E-state index in [2.05, 4.69) is 25.9 Å². The van der Waals surface area contributed by atoms with E-state index in [4.69, 9.17) is 4.74 Å². The van der Waals surface area contributed by atoms with Crippen molar-refractivity contribution in [1.29, 1.82) is 0 Å². The van der Waals surface area contributed by atoms with Gasteiger partial charge in [-0.1, -0.05) is 15.9 Å². The number of rotatable bonds is 3. The van der Waals surface area contributed by atoms with Gasteiger partial charge in [0.2, 0.25) is 0 Å². The first kappa shape index (κ1) is 12.3. The molecule has 0 saturated heterocycles. The van der Waals surface area contributed by atoms with E-state index >= 15 is 0 Å². The van der Waals surface area contributed by atoms with Gasteiger partial charge < -0.3 is 4.74 Å². The number of nitrogens with zero attached hydrogens (tertiary/aromatic N) is 2. The Labute approximate surface area is 119 Å². The third-order valence-electron chi connectivity index (χ3n) is 3.04.